The van der Waals surface area contributed by atoms with Crippen LogP contribution in [-0.2, 0) is 4.74 Å². The lowest BCUT2D eigenvalue weighted by molar-refractivity contribution is 0.00494. The van der Waals surface area contributed by atoms with Crippen LogP contribution in [0, 0.1) is 6.92 Å². The molecule has 2 amide bonds. The van der Waals surface area contributed by atoms with Gasteiger partial charge in [0.25, 0.3) is 5.91 Å². The van der Waals surface area contributed by atoms with Crippen LogP contribution in [-0.4, -0.2) is 40.6 Å². The van der Waals surface area contributed by atoms with Crippen LogP contribution in [0.3, 0.4) is 0 Å². The fraction of sp³-hybridized carbons (Fsp3) is 0.667. The number of carbonyl (C=O) groups excluding carboxylic acids is 2. The topological polar surface area (TPSA) is 71.8 Å². The van der Waals surface area contributed by atoms with E-state index >= 15 is 0 Å². The summed E-state index contributed by atoms with van der Waals surface area (Å²) in [6.07, 6.45) is 3.23. The Hall–Kier alpha value is -1.98. The first-order chi connectivity index (χ1) is 11.2. The van der Waals surface area contributed by atoms with Crippen LogP contribution in [0.2, 0.25) is 0 Å². The Bertz CT molecular complexity index is 617. The summed E-state index contributed by atoms with van der Waals surface area (Å²) in [5.41, 5.74) is -0.487. The molecule has 132 valence electrons. The first kappa shape index (κ1) is 16.9. The van der Waals surface area contributed by atoms with E-state index in [9.17, 15) is 9.59 Å². The number of hydrogen-bond donors (Lipinski definition) is 1. The fourth-order valence-electron chi connectivity index (χ4n) is 3.72. The second kappa shape index (κ2) is 6.15. The average molecular weight is 334 g/mol. The van der Waals surface area contributed by atoms with Crippen molar-refractivity contribution < 1.29 is 18.7 Å². The Morgan fingerprint density at radius 2 is 1.83 bits per heavy atom. The number of nitrogens with zero attached hydrogens (tertiary/aromatic N) is 1. The van der Waals surface area contributed by atoms with Crippen LogP contribution in [0.1, 0.15) is 62.8 Å². The summed E-state index contributed by atoms with van der Waals surface area (Å²) in [6, 6.07) is 3.82. The molecule has 24 heavy (non-hydrogen) atoms. The number of piperidine rings is 1. The standard InChI is InChI=1S/C18H26N2O4/c1-11-5-8-15(23-11)16(21)19-12-9-13-6-7-14(10-12)20(13)17(22)24-18(2,3)4/h5,8,12-14H,6-7,9-10H2,1-4H3,(H,19,21)/t12?,13-,14+. The van der Waals surface area contributed by atoms with Gasteiger partial charge in [0, 0.05) is 18.1 Å². The van der Waals surface area contributed by atoms with Crippen LogP contribution in [0.5, 0.6) is 0 Å². The van der Waals surface area contributed by atoms with Crippen molar-refractivity contribution >= 4 is 12.0 Å². The lowest BCUT2D eigenvalue weighted by atomic mass is 9.97. The molecule has 3 rings (SSSR count). The van der Waals surface area contributed by atoms with E-state index < -0.39 is 5.60 Å². The summed E-state index contributed by atoms with van der Waals surface area (Å²) < 4.78 is 10.9. The molecule has 2 aliphatic heterocycles. The number of amides is 2. The van der Waals surface area contributed by atoms with Gasteiger partial charge in [0.15, 0.2) is 5.76 Å². The van der Waals surface area contributed by atoms with E-state index in [4.69, 9.17) is 9.15 Å². The summed E-state index contributed by atoms with van der Waals surface area (Å²) in [5.74, 6) is 0.882. The van der Waals surface area contributed by atoms with E-state index in [-0.39, 0.29) is 30.1 Å². The number of nitrogens with one attached hydrogen (secondary N) is 1. The highest BCUT2D eigenvalue weighted by atomic mass is 16.6. The van der Waals surface area contributed by atoms with Gasteiger partial charge in [-0.2, -0.15) is 0 Å². The summed E-state index contributed by atoms with van der Waals surface area (Å²) in [5, 5.41) is 3.05. The number of aryl methyl sites for hydroxylation is 1. The molecule has 3 atom stereocenters. The van der Waals surface area contributed by atoms with Crippen LogP contribution in [0.4, 0.5) is 4.79 Å². The van der Waals surface area contributed by atoms with Crippen molar-refractivity contribution in [3.8, 4) is 0 Å². The van der Waals surface area contributed by atoms with E-state index in [1.165, 1.54) is 0 Å². The lowest BCUT2D eigenvalue weighted by Gasteiger charge is -2.39. The Balaban J connectivity index is 1.61. The Kier molecular flexibility index (Phi) is 4.32. The largest absolute Gasteiger partial charge is 0.456 e. The minimum absolute atomic E-state index is 0.0686. The van der Waals surface area contributed by atoms with Gasteiger partial charge in [-0.3, -0.25) is 4.79 Å². The maximum absolute atomic E-state index is 12.4. The third-order valence-electron chi connectivity index (χ3n) is 4.64. The molecule has 6 heteroatoms. The zero-order valence-electron chi connectivity index (χ0n) is 14.8. The molecule has 3 heterocycles. The van der Waals surface area contributed by atoms with Gasteiger partial charge < -0.3 is 19.4 Å². The van der Waals surface area contributed by atoms with Gasteiger partial charge in [-0.05, 0) is 65.5 Å². The molecular formula is C18H26N2O4. The van der Waals surface area contributed by atoms with Gasteiger partial charge in [0.2, 0.25) is 0 Å². The monoisotopic (exact) mass is 334 g/mol. The summed E-state index contributed by atoms with van der Waals surface area (Å²) >= 11 is 0. The molecule has 1 unspecified atom stereocenters. The smallest absolute Gasteiger partial charge is 0.410 e. The summed E-state index contributed by atoms with van der Waals surface area (Å²) in [7, 11) is 0. The SMILES string of the molecule is Cc1ccc(C(=O)NC2C[C@H]3CC[C@@H](C2)N3C(=O)OC(C)(C)C)o1. The third kappa shape index (κ3) is 3.57. The van der Waals surface area contributed by atoms with Gasteiger partial charge >= 0.3 is 6.09 Å². The van der Waals surface area contributed by atoms with E-state index in [1.807, 2.05) is 32.6 Å². The molecule has 2 bridgehead atoms. The normalized spacial score (nSPS) is 26.3. The molecular weight excluding hydrogens is 308 g/mol. The van der Waals surface area contributed by atoms with E-state index in [0.717, 1.165) is 31.4 Å². The molecule has 1 aromatic heterocycles. The molecule has 1 N–H and O–H groups in total. The number of ether oxygens (including phenoxy) is 1. The number of furan rings is 1. The van der Waals surface area contributed by atoms with Crippen LogP contribution < -0.4 is 5.32 Å². The summed E-state index contributed by atoms with van der Waals surface area (Å²) in [4.78, 5) is 26.6. The minimum atomic E-state index is -0.487. The second-order valence-electron chi connectivity index (χ2n) is 7.82. The van der Waals surface area contributed by atoms with Gasteiger partial charge in [0.05, 0.1) is 0 Å². The lowest BCUT2D eigenvalue weighted by Crippen LogP contribution is -2.53. The van der Waals surface area contributed by atoms with Crippen molar-refractivity contribution in [1.29, 1.82) is 0 Å². The number of fused-ring (bicyclic) bond motifs is 2. The Labute approximate surface area is 142 Å². The Morgan fingerprint density at radius 1 is 1.21 bits per heavy atom. The van der Waals surface area contributed by atoms with E-state index in [2.05, 4.69) is 5.32 Å². The average Bonchev–Trinajstić information content (AvgIpc) is 2.99. The van der Waals surface area contributed by atoms with Crippen molar-refractivity contribution in [1.82, 2.24) is 10.2 Å². The third-order valence-corrected chi connectivity index (χ3v) is 4.64. The molecule has 0 aliphatic carbocycles. The van der Waals surface area contributed by atoms with E-state index in [1.54, 1.807) is 12.1 Å². The Morgan fingerprint density at radius 3 is 2.33 bits per heavy atom. The highest BCUT2D eigenvalue weighted by Gasteiger charge is 2.45. The predicted molar refractivity (Wildman–Crippen MR) is 88.8 cm³/mol. The highest BCUT2D eigenvalue weighted by molar-refractivity contribution is 5.91. The van der Waals surface area contributed by atoms with Gasteiger partial charge in [0.1, 0.15) is 11.4 Å². The van der Waals surface area contributed by atoms with Crippen molar-refractivity contribution in [2.75, 3.05) is 0 Å². The van der Waals surface area contributed by atoms with Crippen molar-refractivity contribution in [3.05, 3.63) is 23.7 Å². The highest BCUT2D eigenvalue weighted by Crippen LogP contribution is 2.36. The van der Waals surface area contributed by atoms with Gasteiger partial charge in [-0.15, -0.1) is 0 Å². The molecule has 0 saturated carbocycles. The van der Waals surface area contributed by atoms with Crippen LogP contribution in [0.15, 0.2) is 16.5 Å². The summed E-state index contributed by atoms with van der Waals surface area (Å²) in [6.45, 7) is 7.46. The fourth-order valence-corrected chi connectivity index (χ4v) is 3.72. The van der Waals surface area contributed by atoms with Gasteiger partial charge in [-0.25, -0.2) is 4.79 Å². The second-order valence-corrected chi connectivity index (χ2v) is 7.82. The van der Waals surface area contributed by atoms with Crippen LogP contribution >= 0.6 is 0 Å². The number of rotatable bonds is 2. The molecule has 0 spiro atoms. The van der Waals surface area contributed by atoms with Crippen molar-refractivity contribution in [2.45, 2.75) is 77.1 Å². The number of hydrogen-bond acceptors (Lipinski definition) is 4. The first-order valence-electron chi connectivity index (χ1n) is 8.61. The minimum Gasteiger partial charge on any atom is -0.456 e. The molecule has 2 aliphatic rings. The molecule has 0 aromatic carbocycles. The maximum atomic E-state index is 12.4. The van der Waals surface area contributed by atoms with Gasteiger partial charge in [-0.1, -0.05) is 0 Å². The maximum Gasteiger partial charge on any atom is 0.410 e. The van der Waals surface area contributed by atoms with E-state index in [0.29, 0.717) is 5.76 Å². The zero-order chi connectivity index (χ0) is 17.5. The zero-order valence-corrected chi connectivity index (χ0v) is 14.8. The molecule has 2 fully saturated rings. The molecule has 0 radical (unpaired) electrons. The predicted octanol–water partition coefficient (Wildman–Crippen LogP) is 3.25. The molecule has 2 saturated heterocycles. The van der Waals surface area contributed by atoms with Crippen LogP contribution in [0.25, 0.3) is 0 Å². The van der Waals surface area contributed by atoms with Crippen molar-refractivity contribution in [3.63, 3.8) is 0 Å². The molecule has 1 aromatic rings. The molecule has 6 nitrogen and oxygen atoms in total. The first-order valence-corrected chi connectivity index (χ1v) is 8.61. The number of carbonyl (C=O) groups is 2. The quantitative estimate of drug-likeness (QED) is 0.901. The van der Waals surface area contributed by atoms with Crippen molar-refractivity contribution in [2.24, 2.45) is 0 Å².